The van der Waals surface area contributed by atoms with Gasteiger partial charge in [-0.3, -0.25) is 4.79 Å². The molecule has 104 valence electrons. The molecule has 2 N–H and O–H groups in total. The third-order valence-electron chi connectivity index (χ3n) is 2.94. The van der Waals surface area contributed by atoms with Crippen molar-refractivity contribution in [3.63, 3.8) is 0 Å². The number of halogens is 3. The molecule has 0 saturated heterocycles. The summed E-state index contributed by atoms with van der Waals surface area (Å²) >= 11 is 0. The van der Waals surface area contributed by atoms with Gasteiger partial charge in [0.1, 0.15) is 6.54 Å². The highest BCUT2D eigenvalue weighted by Crippen LogP contribution is 2.35. The van der Waals surface area contributed by atoms with E-state index in [-0.39, 0.29) is 6.42 Å². The number of carboxylic acid groups (broad SMARTS) is 1. The van der Waals surface area contributed by atoms with Gasteiger partial charge in [0.05, 0.1) is 12.0 Å². The van der Waals surface area contributed by atoms with Crippen LogP contribution in [0.25, 0.3) is 0 Å². The summed E-state index contributed by atoms with van der Waals surface area (Å²) in [6, 6.07) is -0.895. The predicted molar refractivity (Wildman–Crippen MR) is 56.1 cm³/mol. The number of alkyl halides is 3. The Morgan fingerprint density at radius 3 is 2.28 bits per heavy atom. The third-order valence-corrected chi connectivity index (χ3v) is 2.94. The molecule has 0 radical (unpaired) electrons. The number of nitrogens with one attached hydrogen (secondary N) is 1. The molecule has 0 atom stereocenters. The molecule has 0 aromatic rings. The zero-order valence-electron chi connectivity index (χ0n) is 9.88. The quantitative estimate of drug-likeness (QED) is 0.813. The predicted octanol–water partition coefficient (Wildman–Crippen LogP) is 1.59. The molecule has 0 aromatic carbocycles. The fourth-order valence-electron chi connectivity index (χ4n) is 1.90. The number of aliphatic carboxylic acids is 1. The lowest BCUT2D eigenvalue weighted by molar-refractivity contribution is -0.141. The van der Waals surface area contributed by atoms with Crippen LogP contribution in [0.3, 0.4) is 0 Å². The maximum atomic E-state index is 12.1. The van der Waals surface area contributed by atoms with E-state index in [1.54, 1.807) is 0 Å². The summed E-state index contributed by atoms with van der Waals surface area (Å²) in [4.78, 5) is 22.7. The summed E-state index contributed by atoms with van der Waals surface area (Å²) in [6.45, 7) is -1.36. The Labute approximate surface area is 102 Å². The molecule has 0 heterocycles. The smallest absolute Gasteiger partial charge is 0.406 e. The van der Waals surface area contributed by atoms with Crippen molar-refractivity contribution in [1.29, 1.82) is 0 Å². The molecular weight excluding hydrogens is 253 g/mol. The summed E-state index contributed by atoms with van der Waals surface area (Å²) in [6.07, 6.45) is -3.02. The van der Waals surface area contributed by atoms with E-state index < -0.39 is 30.3 Å². The van der Waals surface area contributed by atoms with Crippen molar-refractivity contribution in [2.24, 2.45) is 0 Å². The van der Waals surface area contributed by atoms with Crippen molar-refractivity contribution in [2.75, 3.05) is 13.6 Å². The molecule has 0 aliphatic heterocycles. The van der Waals surface area contributed by atoms with Crippen molar-refractivity contribution < 1.29 is 27.9 Å². The molecule has 0 bridgehead atoms. The second-order valence-corrected chi connectivity index (χ2v) is 4.61. The summed E-state index contributed by atoms with van der Waals surface area (Å²) in [7, 11) is 1.02. The molecule has 0 aromatic heterocycles. The number of carboxylic acids is 1. The lowest BCUT2D eigenvalue weighted by Gasteiger charge is -2.42. The number of carbonyl (C=O) groups excluding carboxylic acids is 1. The van der Waals surface area contributed by atoms with Gasteiger partial charge in [0.2, 0.25) is 0 Å². The first kappa shape index (κ1) is 14.6. The molecule has 1 fully saturated rings. The fraction of sp³-hybridized carbons (Fsp3) is 0.800. The standard InChI is InChI=1S/C10H15F3N2O3/c1-15(6-10(11,12)13)8(18)14-9(3-2-4-9)5-7(16)17/h2-6H2,1H3,(H,14,18)(H,16,17). The van der Waals surface area contributed by atoms with Crippen molar-refractivity contribution in [2.45, 2.75) is 37.4 Å². The van der Waals surface area contributed by atoms with E-state index >= 15 is 0 Å². The van der Waals surface area contributed by atoms with E-state index in [0.29, 0.717) is 17.7 Å². The van der Waals surface area contributed by atoms with Gasteiger partial charge in [0, 0.05) is 7.05 Å². The van der Waals surface area contributed by atoms with E-state index in [9.17, 15) is 22.8 Å². The van der Waals surface area contributed by atoms with Crippen molar-refractivity contribution in [3.05, 3.63) is 0 Å². The summed E-state index contributed by atoms with van der Waals surface area (Å²) < 4.78 is 36.3. The SMILES string of the molecule is CN(CC(F)(F)F)C(=O)NC1(CC(=O)O)CCC1. The Kier molecular flexibility index (Phi) is 4.08. The van der Waals surface area contributed by atoms with Crippen molar-refractivity contribution in [1.82, 2.24) is 10.2 Å². The van der Waals surface area contributed by atoms with Gasteiger partial charge in [-0.1, -0.05) is 0 Å². The number of hydrogen-bond donors (Lipinski definition) is 2. The first-order valence-electron chi connectivity index (χ1n) is 5.45. The topological polar surface area (TPSA) is 69.6 Å². The highest BCUT2D eigenvalue weighted by atomic mass is 19.4. The highest BCUT2D eigenvalue weighted by Gasteiger charge is 2.41. The summed E-state index contributed by atoms with van der Waals surface area (Å²) in [5.74, 6) is -1.08. The normalized spacial score (nSPS) is 17.8. The van der Waals surface area contributed by atoms with Gasteiger partial charge in [-0.25, -0.2) is 4.79 Å². The summed E-state index contributed by atoms with van der Waals surface area (Å²) in [5.41, 5.74) is -0.886. The molecular formula is C10H15F3N2O3. The largest absolute Gasteiger partial charge is 0.481 e. The third kappa shape index (κ3) is 4.08. The Morgan fingerprint density at radius 1 is 1.39 bits per heavy atom. The van der Waals surface area contributed by atoms with Crippen LogP contribution in [-0.2, 0) is 4.79 Å². The minimum absolute atomic E-state index is 0.265. The number of nitrogens with zero attached hydrogens (tertiary/aromatic N) is 1. The molecule has 1 saturated carbocycles. The van der Waals surface area contributed by atoms with Crippen LogP contribution in [0.5, 0.6) is 0 Å². The van der Waals surface area contributed by atoms with Crippen LogP contribution in [0.2, 0.25) is 0 Å². The molecule has 5 nitrogen and oxygen atoms in total. The number of rotatable bonds is 4. The average molecular weight is 268 g/mol. The van der Waals surface area contributed by atoms with Gasteiger partial charge < -0.3 is 15.3 Å². The number of hydrogen-bond acceptors (Lipinski definition) is 2. The number of urea groups is 1. The van der Waals surface area contributed by atoms with E-state index in [1.807, 2.05) is 0 Å². The Morgan fingerprint density at radius 2 is 1.94 bits per heavy atom. The molecule has 1 aliphatic rings. The minimum atomic E-state index is -4.47. The number of amides is 2. The molecule has 1 rings (SSSR count). The first-order chi connectivity index (χ1) is 8.14. The second-order valence-electron chi connectivity index (χ2n) is 4.61. The maximum Gasteiger partial charge on any atom is 0.406 e. The molecule has 2 amide bonds. The average Bonchev–Trinajstić information content (AvgIpc) is 2.10. The van der Waals surface area contributed by atoms with Crippen LogP contribution in [-0.4, -0.2) is 47.3 Å². The van der Waals surface area contributed by atoms with Crippen LogP contribution in [0, 0.1) is 0 Å². The fourth-order valence-corrected chi connectivity index (χ4v) is 1.90. The van der Waals surface area contributed by atoms with Crippen molar-refractivity contribution in [3.8, 4) is 0 Å². The highest BCUT2D eigenvalue weighted by molar-refractivity contribution is 5.77. The van der Waals surface area contributed by atoms with E-state index in [1.165, 1.54) is 0 Å². The van der Waals surface area contributed by atoms with Crippen LogP contribution >= 0.6 is 0 Å². The molecule has 1 aliphatic carbocycles. The molecule has 0 spiro atoms. The molecule has 18 heavy (non-hydrogen) atoms. The van der Waals surface area contributed by atoms with Crippen LogP contribution < -0.4 is 5.32 Å². The van der Waals surface area contributed by atoms with Crippen LogP contribution in [0.4, 0.5) is 18.0 Å². The Hall–Kier alpha value is -1.47. The van der Waals surface area contributed by atoms with Gasteiger partial charge in [-0.05, 0) is 19.3 Å². The zero-order valence-corrected chi connectivity index (χ0v) is 9.88. The Bertz CT molecular complexity index is 340. The second kappa shape index (κ2) is 5.03. The Balaban J connectivity index is 2.54. The van der Waals surface area contributed by atoms with Gasteiger partial charge >= 0.3 is 18.2 Å². The van der Waals surface area contributed by atoms with E-state index in [0.717, 1.165) is 13.5 Å². The molecule has 8 heteroatoms. The lowest BCUT2D eigenvalue weighted by Crippen LogP contribution is -2.58. The summed E-state index contributed by atoms with van der Waals surface area (Å²) in [5, 5.41) is 11.1. The number of carbonyl (C=O) groups is 2. The monoisotopic (exact) mass is 268 g/mol. The van der Waals surface area contributed by atoms with Crippen molar-refractivity contribution >= 4 is 12.0 Å². The molecule has 0 unspecified atom stereocenters. The van der Waals surface area contributed by atoms with Gasteiger partial charge in [0.25, 0.3) is 0 Å². The van der Waals surface area contributed by atoms with Crippen LogP contribution in [0.1, 0.15) is 25.7 Å². The van der Waals surface area contributed by atoms with Gasteiger partial charge in [0.15, 0.2) is 0 Å². The van der Waals surface area contributed by atoms with Crippen LogP contribution in [0.15, 0.2) is 0 Å². The lowest BCUT2D eigenvalue weighted by atomic mass is 9.74. The maximum absolute atomic E-state index is 12.1. The van der Waals surface area contributed by atoms with Gasteiger partial charge in [-0.15, -0.1) is 0 Å². The first-order valence-corrected chi connectivity index (χ1v) is 5.45. The minimum Gasteiger partial charge on any atom is -0.481 e. The van der Waals surface area contributed by atoms with E-state index in [2.05, 4.69) is 5.32 Å². The zero-order chi connectivity index (χ0) is 14.0. The van der Waals surface area contributed by atoms with E-state index in [4.69, 9.17) is 5.11 Å². The van der Waals surface area contributed by atoms with Gasteiger partial charge in [-0.2, -0.15) is 13.2 Å².